The Bertz CT molecular complexity index is 496. The summed E-state index contributed by atoms with van der Waals surface area (Å²) in [4.78, 5) is 12.7. The second-order valence-electron chi connectivity index (χ2n) is 3.61. The second kappa shape index (κ2) is 5.59. The van der Waals surface area contributed by atoms with E-state index in [1.54, 1.807) is 29.5 Å². The molecular formula is C13H12FNOS. The van der Waals surface area contributed by atoms with Gasteiger partial charge in [-0.2, -0.15) is 0 Å². The summed E-state index contributed by atoms with van der Waals surface area (Å²) in [6.45, 7) is 0. The molecule has 17 heavy (non-hydrogen) atoms. The molecule has 0 bridgehead atoms. The first-order chi connectivity index (χ1) is 8.25. The molecule has 0 atom stereocenters. The minimum absolute atomic E-state index is 0.163. The predicted molar refractivity (Wildman–Crippen MR) is 67.7 cm³/mol. The number of rotatable bonds is 4. The van der Waals surface area contributed by atoms with Gasteiger partial charge < -0.3 is 5.32 Å². The van der Waals surface area contributed by atoms with Gasteiger partial charge in [-0.1, -0.05) is 18.2 Å². The van der Waals surface area contributed by atoms with Gasteiger partial charge in [-0.15, -0.1) is 11.3 Å². The Morgan fingerprint density at radius 1 is 1.24 bits per heavy atom. The first-order valence-electron chi connectivity index (χ1n) is 5.32. The van der Waals surface area contributed by atoms with E-state index in [2.05, 4.69) is 5.32 Å². The molecule has 0 spiro atoms. The molecule has 1 aromatic heterocycles. The standard InChI is InChI=1S/C13H12FNOS/c14-11-5-1-2-6-12(11)15-13(16)8-7-10-4-3-9-17-10/h1-6,9H,7-8H2,(H,15,16). The Labute approximate surface area is 103 Å². The first kappa shape index (κ1) is 11.8. The molecule has 1 N–H and O–H groups in total. The molecular weight excluding hydrogens is 237 g/mol. The highest BCUT2D eigenvalue weighted by molar-refractivity contribution is 7.09. The third kappa shape index (κ3) is 3.39. The second-order valence-corrected chi connectivity index (χ2v) is 4.64. The van der Waals surface area contributed by atoms with Gasteiger partial charge in [-0.05, 0) is 30.0 Å². The van der Waals surface area contributed by atoms with Crippen molar-refractivity contribution in [2.24, 2.45) is 0 Å². The van der Waals surface area contributed by atoms with Crippen molar-refractivity contribution in [1.82, 2.24) is 0 Å². The molecule has 0 fully saturated rings. The SMILES string of the molecule is O=C(CCc1cccs1)Nc1ccccc1F. The van der Waals surface area contributed by atoms with Crippen LogP contribution in [-0.4, -0.2) is 5.91 Å². The van der Waals surface area contributed by atoms with Crippen LogP contribution in [0.3, 0.4) is 0 Å². The summed E-state index contributed by atoms with van der Waals surface area (Å²) < 4.78 is 13.3. The fraction of sp³-hybridized carbons (Fsp3) is 0.154. The zero-order valence-corrected chi connectivity index (χ0v) is 9.97. The highest BCUT2D eigenvalue weighted by Crippen LogP contribution is 2.14. The van der Waals surface area contributed by atoms with Crippen molar-refractivity contribution < 1.29 is 9.18 Å². The van der Waals surface area contributed by atoms with Crippen LogP contribution in [0.5, 0.6) is 0 Å². The Balaban J connectivity index is 1.87. The zero-order valence-electron chi connectivity index (χ0n) is 9.15. The number of hydrogen-bond acceptors (Lipinski definition) is 2. The van der Waals surface area contributed by atoms with Crippen LogP contribution < -0.4 is 5.32 Å². The maximum Gasteiger partial charge on any atom is 0.224 e. The first-order valence-corrected chi connectivity index (χ1v) is 6.20. The van der Waals surface area contributed by atoms with Crippen molar-refractivity contribution in [3.63, 3.8) is 0 Å². The summed E-state index contributed by atoms with van der Waals surface area (Å²) in [6.07, 6.45) is 1.06. The lowest BCUT2D eigenvalue weighted by atomic mass is 10.2. The lowest BCUT2D eigenvalue weighted by Gasteiger charge is -2.05. The van der Waals surface area contributed by atoms with Crippen LogP contribution in [0.2, 0.25) is 0 Å². The summed E-state index contributed by atoms with van der Waals surface area (Å²) in [5.74, 6) is -0.569. The molecule has 2 aromatic rings. The zero-order chi connectivity index (χ0) is 12.1. The molecule has 0 radical (unpaired) electrons. The topological polar surface area (TPSA) is 29.1 Å². The van der Waals surface area contributed by atoms with Crippen LogP contribution in [0, 0.1) is 5.82 Å². The Morgan fingerprint density at radius 2 is 2.06 bits per heavy atom. The number of amides is 1. The van der Waals surface area contributed by atoms with E-state index in [1.165, 1.54) is 6.07 Å². The van der Waals surface area contributed by atoms with Gasteiger partial charge in [0, 0.05) is 11.3 Å². The van der Waals surface area contributed by atoms with E-state index in [0.29, 0.717) is 12.8 Å². The van der Waals surface area contributed by atoms with Crippen molar-refractivity contribution in [3.05, 3.63) is 52.5 Å². The molecule has 0 aliphatic carbocycles. The highest BCUT2D eigenvalue weighted by atomic mass is 32.1. The van der Waals surface area contributed by atoms with Gasteiger partial charge in [-0.3, -0.25) is 4.79 Å². The Hall–Kier alpha value is -1.68. The summed E-state index contributed by atoms with van der Waals surface area (Å²) in [6, 6.07) is 10.1. The van der Waals surface area contributed by atoms with Crippen molar-refractivity contribution in [3.8, 4) is 0 Å². The molecule has 0 unspecified atom stereocenters. The summed E-state index contributed by atoms with van der Waals surface area (Å²) in [5, 5.41) is 4.54. The third-order valence-corrected chi connectivity index (χ3v) is 3.26. The number of nitrogens with one attached hydrogen (secondary N) is 1. The van der Waals surface area contributed by atoms with Crippen LogP contribution >= 0.6 is 11.3 Å². The van der Waals surface area contributed by atoms with Crippen LogP contribution in [0.4, 0.5) is 10.1 Å². The van der Waals surface area contributed by atoms with Crippen molar-refractivity contribution in [1.29, 1.82) is 0 Å². The van der Waals surface area contributed by atoms with Crippen LogP contribution in [0.1, 0.15) is 11.3 Å². The Morgan fingerprint density at radius 3 is 2.76 bits per heavy atom. The molecule has 0 saturated heterocycles. The molecule has 1 aromatic carbocycles. The average molecular weight is 249 g/mol. The minimum atomic E-state index is -0.406. The van der Waals surface area contributed by atoms with Gasteiger partial charge in [0.2, 0.25) is 5.91 Å². The van der Waals surface area contributed by atoms with E-state index in [9.17, 15) is 9.18 Å². The van der Waals surface area contributed by atoms with Gasteiger partial charge in [0.05, 0.1) is 5.69 Å². The van der Waals surface area contributed by atoms with Gasteiger partial charge >= 0.3 is 0 Å². The van der Waals surface area contributed by atoms with Crippen LogP contribution in [0.15, 0.2) is 41.8 Å². The van der Waals surface area contributed by atoms with Crippen molar-refractivity contribution >= 4 is 22.9 Å². The predicted octanol–water partition coefficient (Wildman–Crippen LogP) is 3.46. The quantitative estimate of drug-likeness (QED) is 0.883. The number of aryl methyl sites for hydroxylation is 1. The van der Waals surface area contributed by atoms with Crippen LogP contribution in [-0.2, 0) is 11.2 Å². The number of thiophene rings is 1. The van der Waals surface area contributed by atoms with E-state index < -0.39 is 5.82 Å². The largest absolute Gasteiger partial charge is 0.324 e. The molecule has 1 amide bonds. The van der Waals surface area contributed by atoms with Gasteiger partial charge in [0.25, 0.3) is 0 Å². The maximum atomic E-state index is 13.3. The van der Waals surface area contributed by atoms with E-state index in [4.69, 9.17) is 0 Å². The fourth-order valence-corrected chi connectivity index (χ4v) is 2.18. The molecule has 2 rings (SSSR count). The molecule has 0 aliphatic rings. The average Bonchev–Trinajstić information content (AvgIpc) is 2.82. The van der Waals surface area contributed by atoms with Gasteiger partial charge in [0.15, 0.2) is 0 Å². The summed E-state index contributed by atoms with van der Waals surface area (Å²) >= 11 is 1.62. The molecule has 2 nitrogen and oxygen atoms in total. The molecule has 88 valence electrons. The fourth-order valence-electron chi connectivity index (χ4n) is 1.47. The maximum absolute atomic E-state index is 13.3. The third-order valence-electron chi connectivity index (χ3n) is 2.33. The van der Waals surface area contributed by atoms with E-state index in [1.807, 2.05) is 17.5 Å². The van der Waals surface area contributed by atoms with Crippen molar-refractivity contribution in [2.45, 2.75) is 12.8 Å². The summed E-state index contributed by atoms with van der Waals surface area (Å²) in [7, 11) is 0. The highest BCUT2D eigenvalue weighted by Gasteiger charge is 2.06. The molecule has 4 heteroatoms. The normalized spacial score (nSPS) is 10.2. The lowest BCUT2D eigenvalue weighted by molar-refractivity contribution is -0.116. The van der Waals surface area contributed by atoms with Gasteiger partial charge in [-0.25, -0.2) is 4.39 Å². The lowest BCUT2D eigenvalue weighted by Crippen LogP contribution is -2.13. The van der Waals surface area contributed by atoms with Gasteiger partial charge in [0.1, 0.15) is 5.82 Å². The van der Waals surface area contributed by atoms with Crippen LogP contribution in [0.25, 0.3) is 0 Å². The monoisotopic (exact) mass is 249 g/mol. The summed E-state index contributed by atoms with van der Waals surface area (Å²) in [5.41, 5.74) is 0.240. The molecule has 0 saturated carbocycles. The number of hydrogen-bond donors (Lipinski definition) is 1. The smallest absolute Gasteiger partial charge is 0.224 e. The van der Waals surface area contributed by atoms with E-state index in [0.717, 1.165) is 4.88 Å². The number of halogens is 1. The number of carbonyl (C=O) groups is 1. The van der Waals surface area contributed by atoms with E-state index >= 15 is 0 Å². The number of anilines is 1. The number of carbonyl (C=O) groups excluding carboxylic acids is 1. The van der Waals surface area contributed by atoms with Crippen molar-refractivity contribution in [2.75, 3.05) is 5.32 Å². The number of para-hydroxylation sites is 1. The molecule has 0 aliphatic heterocycles. The van der Waals surface area contributed by atoms with E-state index in [-0.39, 0.29) is 11.6 Å². The molecule has 1 heterocycles. The number of benzene rings is 1. The Kier molecular flexibility index (Phi) is 3.88. The minimum Gasteiger partial charge on any atom is -0.324 e.